The molecule has 1 aliphatic rings. The van der Waals surface area contributed by atoms with E-state index < -0.39 is 18.6 Å². The van der Waals surface area contributed by atoms with Crippen LogP contribution in [0.5, 0.6) is 0 Å². The van der Waals surface area contributed by atoms with Crippen LogP contribution in [0, 0.1) is 6.92 Å². The number of fused-ring (bicyclic) bond motifs is 2. The van der Waals surface area contributed by atoms with E-state index in [4.69, 9.17) is 0 Å². The van der Waals surface area contributed by atoms with Gasteiger partial charge in [-0.15, -0.1) is 0 Å². The highest BCUT2D eigenvalue weighted by Crippen LogP contribution is 2.34. The molecule has 1 saturated carbocycles. The number of H-pyrrole nitrogens is 1. The molecule has 5 rings (SSSR count). The first-order chi connectivity index (χ1) is 14.3. The molecule has 0 spiro atoms. The summed E-state index contributed by atoms with van der Waals surface area (Å²) in [7, 11) is 0. The zero-order valence-corrected chi connectivity index (χ0v) is 16.5. The maximum absolute atomic E-state index is 13.0. The van der Waals surface area contributed by atoms with Crippen LogP contribution in [0.2, 0.25) is 0 Å². The molecule has 0 atom stereocenters. The van der Waals surface area contributed by atoms with Crippen molar-refractivity contribution in [2.24, 2.45) is 0 Å². The number of imidazole rings is 1. The number of nitrogens with zero attached hydrogens (tertiary/aromatic N) is 5. The predicted molar refractivity (Wildman–Crippen MR) is 108 cm³/mol. The summed E-state index contributed by atoms with van der Waals surface area (Å²) in [5.74, 6) is 0.999. The first kappa shape index (κ1) is 18.9. The molecule has 0 saturated heterocycles. The topological polar surface area (TPSA) is 105 Å². The summed E-state index contributed by atoms with van der Waals surface area (Å²) in [6.07, 6.45) is 4.03. The molecular formula is C20H21F2N7O. The van der Waals surface area contributed by atoms with Crippen LogP contribution < -0.4 is 5.32 Å². The lowest BCUT2D eigenvalue weighted by molar-refractivity contribution is -0.0235. The number of aromatic nitrogens is 6. The summed E-state index contributed by atoms with van der Waals surface area (Å²) in [4.78, 5) is 20.7. The second-order valence-electron chi connectivity index (χ2n) is 8.13. The maximum atomic E-state index is 13.0. The van der Waals surface area contributed by atoms with Gasteiger partial charge < -0.3 is 20.0 Å². The Balaban J connectivity index is 1.48. The van der Waals surface area contributed by atoms with E-state index in [1.165, 1.54) is 4.57 Å². The fourth-order valence-electron chi connectivity index (χ4n) is 4.14. The molecule has 3 N–H and O–H groups in total. The summed E-state index contributed by atoms with van der Waals surface area (Å²) in [6, 6.07) is 1.97. The molecule has 4 aromatic rings. The second kappa shape index (κ2) is 6.69. The van der Waals surface area contributed by atoms with E-state index in [9.17, 15) is 13.9 Å². The Kier molecular flexibility index (Phi) is 4.21. The Bertz CT molecular complexity index is 1240. The van der Waals surface area contributed by atoms with Crippen LogP contribution in [0.25, 0.3) is 33.3 Å². The molecule has 0 radical (unpaired) electrons. The molecule has 10 heteroatoms. The van der Waals surface area contributed by atoms with Crippen molar-refractivity contribution >= 4 is 28.1 Å². The lowest BCUT2D eigenvalue weighted by atomic mass is 9.77. The highest BCUT2D eigenvalue weighted by molar-refractivity contribution is 5.95. The monoisotopic (exact) mass is 413 g/mol. The first-order valence-corrected chi connectivity index (χ1v) is 9.73. The molecule has 30 heavy (non-hydrogen) atoms. The SMILES string of the molecule is Cc1nc2ncc(-c3c[nH]c4nc(NC5CC(C)(O)C5)ncc34)cc2n1CC(F)F. The number of pyridine rings is 1. The van der Waals surface area contributed by atoms with Crippen LogP contribution in [-0.2, 0) is 6.54 Å². The zero-order chi connectivity index (χ0) is 21.0. The Morgan fingerprint density at radius 3 is 2.83 bits per heavy atom. The highest BCUT2D eigenvalue weighted by Gasteiger charge is 2.38. The van der Waals surface area contributed by atoms with E-state index in [2.05, 4.69) is 30.2 Å². The van der Waals surface area contributed by atoms with Gasteiger partial charge in [0.1, 0.15) is 11.5 Å². The molecule has 4 heterocycles. The highest BCUT2D eigenvalue weighted by atomic mass is 19.3. The van der Waals surface area contributed by atoms with Gasteiger partial charge in [-0.1, -0.05) is 0 Å². The quantitative estimate of drug-likeness (QED) is 0.464. The van der Waals surface area contributed by atoms with E-state index in [0.717, 1.165) is 16.5 Å². The molecule has 0 unspecified atom stereocenters. The van der Waals surface area contributed by atoms with Crippen molar-refractivity contribution in [2.75, 3.05) is 5.32 Å². The van der Waals surface area contributed by atoms with E-state index in [-0.39, 0.29) is 6.04 Å². The molecule has 0 amide bonds. The Hall–Kier alpha value is -3.14. The van der Waals surface area contributed by atoms with Crippen LogP contribution in [-0.4, -0.2) is 52.7 Å². The van der Waals surface area contributed by atoms with Gasteiger partial charge >= 0.3 is 0 Å². The predicted octanol–water partition coefficient (Wildman–Crippen LogP) is 3.27. The Labute approximate surface area is 170 Å². The van der Waals surface area contributed by atoms with Gasteiger partial charge in [-0.25, -0.2) is 23.7 Å². The molecule has 0 bridgehead atoms. The van der Waals surface area contributed by atoms with Gasteiger partial charge in [-0.3, -0.25) is 0 Å². The van der Waals surface area contributed by atoms with Crippen LogP contribution in [0.1, 0.15) is 25.6 Å². The third-order valence-corrected chi connectivity index (χ3v) is 5.57. The summed E-state index contributed by atoms with van der Waals surface area (Å²) in [5, 5.41) is 13.9. The van der Waals surface area contributed by atoms with Crippen LogP contribution >= 0.6 is 0 Å². The molecule has 1 fully saturated rings. The van der Waals surface area contributed by atoms with E-state index in [1.54, 1.807) is 25.5 Å². The van der Waals surface area contributed by atoms with E-state index in [1.807, 2.05) is 13.0 Å². The van der Waals surface area contributed by atoms with Gasteiger partial charge in [0.25, 0.3) is 6.43 Å². The summed E-state index contributed by atoms with van der Waals surface area (Å²) in [6.45, 7) is 3.08. The van der Waals surface area contributed by atoms with Crippen LogP contribution in [0.4, 0.5) is 14.7 Å². The van der Waals surface area contributed by atoms with Crippen molar-refractivity contribution < 1.29 is 13.9 Å². The van der Waals surface area contributed by atoms with Crippen molar-refractivity contribution in [3.8, 4) is 11.1 Å². The Morgan fingerprint density at radius 2 is 2.10 bits per heavy atom. The third-order valence-electron chi connectivity index (χ3n) is 5.57. The van der Waals surface area contributed by atoms with Crippen LogP contribution in [0.15, 0.2) is 24.7 Å². The fourth-order valence-corrected chi connectivity index (χ4v) is 4.14. The van der Waals surface area contributed by atoms with Gasteiger partial charge in [-0.05, 0) is 32.8 Å². The van der Waals surface area contributed by atoms with Gasteiger partial charge in [0.05, 0.1) is 17.7 Å². The number of hydrogen-bond donors (Lipinski definition) is 3. The van der Waals surface area contributed by atoms with Gasteiger partial charge in [0.15, 0.2) is 5.65 Å². The number of hydrogen-bond acceptors (Lipinski definition) is 6. The number of alkyl halides is 2. The number of aromatic amines is 1. The summed E-state index contributed by atoms with van der Waals surface area (Å²) >= 11 is 0. The van der Waals surface area contributed by atoms with Gasteiger partial charge in [0, 0.05) is 41.1 Å². The standard InChI is InChI=1S/C20H21F2N7O/c1-10-26-18-15(29(10)9-16(21)22)3-11(6-23-18)13-7-24-17-14(13)8-25-19(28-17)27-12-4-20(2,30)5-12/h3,6-8,12,16,30H,4-5,9H2,1-2H3,(H2,24,25,27,28). The van der Waals surface area contributed by atoms with E-state index in [0.29, 0.717) is 41.4 Å². The number of aliphatic hydroxyl groups is 1. The average Bonchev–Trinajstić information content (AvgIpc) is 3.20. The molecule has 1 aliphatic carbocycles. The fraction of sp³-hybridized carbons (Fsp3) is 0.400. The minimum Gasteiger partial charge on any atom is -0.390 e. The molecule has 4 aromatic heterocycles. The smallest absolute Gasteiger partial charge is 0.256 e. The molecule has 8 nitrogen and oxygen atoms in total. The molecular weight excluding hydrogens is 392 g/mol. The maximum Gasteiger partial charge on any atom is 0.256 e. The normalized spacial score (nSPS) is 21.5. The van der Waals surface area contributed by atoms with Gasteiger partial charge in [0.2, 0.25) is 5.95 Å². The number of halogens is 2. The number of rotatable bonds is 5. The van der Waals surface area contributed by atoms with Crippen molar-refractivity contribution in [2.45, 2.75) is 51.3 Å². The van der Waals surface area contributed by atoms with Crippen molar-refractivity contribution in [3.63, 3.8) is 0 Å². The van der Waals surface area contributed by atoms with Crippen LogP contribution in [0.3, 0.4) is 0 Å². The van der Waals surface area contributed by atoms with Crippen molar-refractivity contribution in [1.29, 1.82) is 0 Å². The lowest BCUT2D eigenvalue weighted by Crippen LogP contribution is -2.48. The molecule has 0 aromatic carbocycles. The second-order valence-corrected chi connectivity index (χ2v) is 8.13. The minimum absolute atomic E-state index is 0.150. The average molecular weight is 413 g/mol. The summed E-state index contributed by atoms with van der Waals surface area (Å²) < 4.78 is 27.4. The molecule has 0 aliphatic heterocycles. The minimum atomic E-state index is -2.48. The summed E-state index contributed by atoms with van der Waals surface area (Å²) in [5.41, 5.74) is 2.64. The lowest BCUT2D eigenvalue weighted by Gasteiger charge is -2.41. The first-order valence-electron chi connectivity index (χ1n) is 9.73. The zero-order valence-electron chi connectivity index (χ0n) is 16.5. The van der Waals surface area contributed by atoms with E-state index >= 15 is 0 Å². The molecule has 156 valence electrons. The van der Waals surface area contributed by atoms with Crippen molar-refractivity contribution in [3.05, 3.63) is 30.5 Å². The largest absolute Gasteiger partial charge is 0.390 e. The Morgan fingerprint density at radius 1 is 1.30 bits per heavy atom. The third kappa shape index (κ3) is 3.26. The van der Waals surface area contributed by atoms with Crippen molar-refractivity contribution in [1.82, 2.24) is 29.5 Å². The van der Waals surface area contributed by atoms with Gasteiger partial charge in [-0.2, -0.15) is 4.98 Å². The number of nitrogens with one attached hydrogen (secondary N) is 2. The number of aryl methyl sites for hydroxylation is 1. The number of anilines is 1.